The molecule has 1 saturated heterocycles. The summed E-state index contributed by atoms with van der Waals surface area (Å²) in [5, 5.41) is 3.56. The smallest absolute Gasteiger partial charge is 0.224 e. The molecule has 6 heteroatoms. The van der Waals surface area contributed by atoms with Crippen LogP contribution in [0.2, 0.25) is 5.02 Å². The second kappa shape index (κ2) is 4.90. The molecule has 0 amide bonds. The molecule has 0 unspecified atom stereocenters. The number of nitrogens with zero attached hydrogens (tertiary/aromatic N) is 3. The molecule has 0 aliphatic carbocycles. The first-order chi connectivity index (χ1) is 8.02. The SMILES string of the molecule is CNc1ncc(Cl)c(N2CCSC(C)(C)C2)n1. The highest BCUT2D eigenvalue weighted by molar-refractivity contribution is 8.00. The summed E-state index contributed by atoms with van der Waals surface area (Å²) >= 11 is 8.17. The van der Waals surface area contributed by atoms with E-state index < -0.39 is 0 Å². The number of nitrogens with one attached hydrogen (secondary N) is 1. The molecule has 2 rings (SSSR count). The van der Waals surface area contributed by atoms with Gasteiger partial charge < -0.3 is 10.2 Å². The quantitative estimate of drug-likeness (QED) is 0.896. The van der Waals surface area contributed by atoms with Gasteiger partial charge in [-0.2, -0.15) is 16.7 Å². The van der Waals surface area contributed by atoms with Crippen LogP contribution in [0.25, 0.3) is 0 Å². The molecular formula is C11H17ClN4S. The third-order valence-electron chi connectivity index (χ3n) is 2.67. The maximum Gasteiger partial charge on any atom is 0.224 e. The van der Waals surface area contributed by atoms with E-state index in [1.165, 1.54) is 0 Å². The first-order valence-corrected chi connectivity index (χ1v) is 6.97. The third kappa shape index (κ3) is 2.96. The minimum absolute atomic E-state index is 0.242. The lowest BCUT2D eigenvalue weighted by Gasteiger charge is -2.38. The van der Waals surface area contributed by atoms with Crippen LogP contribution in [0.15, 0.2) is 6.20 Å². The first-order valence-electron chi connectivity index (χ1n) is 5.61. The second-order valence-electron chi connectivity index (χ2n) is 4.64. The zero-order valence-corrected chi connectivity index (χ0v) is 11.9. The van der Waals surface area contributed by atoms with E-state index in [1.807, 2.05) is 18.8 Å². The van der Waals surface area contributed by atoms with Crippen LogP contribution >= 0.6 is 23.4 Å². The molecule has 4 nitrogen and oxygen atoms in total. The van der Waals surface area contributed by atoms with Crippen LogP contribution in [-0.4, -0.2) is 40.6 Å². The predicted octanol–water partition coefficient (Wildman–Crippen LogP) is 2.50. The van der Waals surface area contributed by atoms with Crippen LogP contribution in [0.1, 0.15) is 13.8 Å². The molecule has 1 N–H and O–H groups in total. The van der Waals surface area contributed by atoms with Gasteiger partial charge in [0.2, 0.25) is 5.95 Å². The number of hydrogen-bond acceptors (Lipinski definition) is 5. The Balaban J connectivity index is 2.26. The van der Waals surface area contributed by atoms with Crippen LogP contribution in [0.5, 0.6) is 0 Å². The van der Waals surface area contributed by atoms with E-state index in [-0.39, 0.29) is 4.75 Å². The highest BCUT2D eigenvalue weighted by Crippen LogP contribution is 2.34. The van der Waals surface area contributed by atoms with Crippen LogP contribution in [-0.2, 0) is 0 Å². The van der Waals surface area contributed by atoms with Gasteiger partial charge in [0.15, 0.2) is 5.82 Å². The van der Waals surface area contributed by atoms with Gasteiger partial charge in [-0.15, -0.1) is 0 Å². The fourth-order valence-corrected chi connectivity index (χ4v) is 3.22. The van der Waals surface area contributed by atoms with Crippen LogP contribution in [0, 0.1) is 0 Å². The normalized spacial score (nSPS) is 19.2. The molecule has 1 fully saturated rings. The second-order valence-corrected chi connectivity index (χ2v) is 6.85. The fraction of sp³-hybridized carbons (Fsp3) is 0.636. The molecule has 0 aromatic carbocycles. The van der Waals surface area contributed by atoms with Gasteiger partial charge in [0.25, 0.3) is 0 Å². The summed E-state index contributed by atoms with van der Waals surface area (Å²) in [6.45, 7) is 6.43. The van der Waals surface area contributed by atoms with Gasteiger partial charge in [-0.25, -0.2) is 4.98 Å². The predicted molar refractivity (Wildman–Crippen MR) is 75.3 cm³/mol. The Bertz CT molecular complexity index is 410. The van der Waals surface area contributed by atoms with Crippen molar-refractivity contribution in [3.8, 4) is 0 Å². The van der Waals surface area contributed by atoms with Gasteiger partial charge in [0.1, 0.15) is 5.02 Å². The zero-order valence-electron chi connectivity index (χ0n) is 10.3. The summed E-state index contributed by atoms with van der Waals surface area (Å²) in [5.74, 6) is 2.54. The lowest BCUT2D eigenvalue weighted by Crippen LogP contribution is -2.43. The van der Waals surface area contributed by atoms with Crippen LogP contribution in [0.3, 0.4) is 0 Å². The fourth-order valence-electron chi connectivity index (χ4n) is 1.90. The Morgan fingerprint density at radius 1 is 1.53 bits per heavy atom. The molecule has 1 aliphatic heterocycles. The Hall–Kier alpha value is -0.680. The van der Waals surface area contributed by atoms with Crippen molar-refractivity contribution in [1.82, 2.24) is 9.97 Å². The number of aromatic nitrogens is 2. The van der Waals surface area contributed by atoms with Crippen molar-refractivity contribution in [3.05, 3.63) is 11.2 Å². The first kappa shape index (κ1) is 12.8. The highest BCUT2D eigenvalue weighted by atomic mass is 35.5. The van der Waals surface area contributed by atoms with Crippen molar-refractivity contribution in [2.75, 3.05) is 36.1 Å². The molecule has 2 heterocycles. The summed E-state index contributed by atoms with van der Waals surface area (Å²) in [6, 6.07) is 0. The van der Waals surface area contributed by atoms with E-state index in [2.05, 4.69) is 34.0 Å². The van der Waals surface area contributed by atoms with E-state index in [4.69, 9.17) is 11.6 Å². The minimum atomic E-state index is 0.242. The van der Waals surface area contributed by atoms with Crippen molar-refractivity contribution in [3.63, 3.8) is 0 Å². The summed E-state index contributed by atoms with van der Waals surface area (Å²) in [7, 11) is 1.81. The van der Waals surface area contributed by atoms with Crippen LogP contribution < -0.4 is 10.2 Å². The number of halogens is 1. The third-order valence-corrected chi connectivity index (χ3v) is 4.24. The molecular weight excluding hydrogens is 256 g/mol. The standard InChI is InChI=1S/C11H17ClN4S/c1-11(2)7-16(4-5-17-11)9-8(12)6-14-10(13-3)15-9/h6H,4-5,7H2,1-3H3,(H,13,14,15). The minimum Gasteiger partial charge on any atom is -0.357 e. The van der Waals surface area contributed by atoms with Gasteiger partial charge in [-0.3, -0.25) is 0 Å². The van der Waals surface area contributed by atoms with Gasteiger partial charge in [-0.1, -0.05) is 11.6 Å². The average molecular weight is 273 g/mol. The molecule has 1 aromatic rings. The molecule has 1 aliphatic rings. The van der Waals surface area contributed by atoms with Gasteiger partial charge in [0.05, 0.1) is 6.20 Å². The summed E-state index contributed by atoms with van der Waals surface area (Å²) in [5.41, 5.74) is 0. The van der Waals surface area contributed by atoms with Crippen molar-refractivity contribution in [2.24, 2.45) is 0 Å². The Labute approximate surface area is 111 Å². The number of thioether (sulfide) groups is 1. The van der Waals surface area contributed by atoms with Crippen molar-refractivity contribution < 1.29 is 0 Å². The summed E-state index contributed by atoms with van der Waals surface area (Å²) in [6.07, 6.45) is 1.66. The number of rotatable bonds is 2. The van der Waals surface area contributed by atoms with Gasteiger partial charge >= 0.3 is 0 Å². The molecule has 0 atom stereocenters. The number of hydrogen-bond donors (Lipinski definition) is 1. The Kier molecular flexibility index (Phi) is 3.68. The van der Waals surface area contributed by atoms with Crippen molar-refractivity contribution >= 4 is 35.1 Å². The lowest BCUT2D eigenvalue weighted by molar-refractivity contribution is 0.642. The molecule has 0 bridgehead atoms. The molecule has 17 heavy (non-hydrogen) atoms. The van der Waals surface area contributed by atoms with Gasteiger partial charge in [0, 0.05) is 30.6 Å². The molecule has 0 spiro atoms. The monoisotopic (exact) mass is 272 g/mol. The van der Waals surface area contributed by atoms with Gasteiger partial charge in [-0.05, 0) is 13.8 Å². The topological polar surface area (TPSA) is 41.1 Å². The molecule has 0 saturated carbocycles. The van der Waals surface area contributed by atoms with E-state index in [0.717, 1.165) is 24.7 Å². The van der Waals surface area contributed by atoms with Crippen molar-refractivity contribution in [1.29, 1.82) is 0 Å². The van der Waals surface area contributed by atoms with Crippen LogP contribution in [0.4, 0.5) is 11.8 Å². The van der Waals surface area contributed by atoms with E-state index in [9.17, 15) is 0 Å². The van der Waals surface area contributed by atoms with E-state index in [0.29, 0.717) is 11.0 Å². The maximum absolute atomic E-state index is 6.18. The van der Waals surface area contributed by atoms with Crippen molar-refractivity contribution in [2.45, 2.75) is 18.6 Å². The largest absolute Gasteiger partial charge is 0.357 e. The van der Waals surface area contributed by atoms with E-state index >= 15 is 0 Å². The highest BCUT2D eigenvalue weighted by Gasteiger charge is 2.28. The molecule has 0 radical (unpaired) electrons. The zero-order chi connectivity index (χ0) is 12.5. The Morgan fingerprint density at radius 3 is 2.94 bits per heavy atom. The molecule has 94 valence electrons. The lowest BCUT2D eigenvalue weighted by atomic mass is 10.2. The average Bonchev–Trinajstić information content (AvgIpc) is 2.28. The molecule has 1 aromatic heterocycles. The summed E-state index contributed by atoms with van der Waals surface area (Å²) < 4.78 is 0.242. The maximum atomic E-state index is 6.18. The Morgan fingerprint density at radius 2 is 2.29 bits per heavy atom. The summed E-state index contributed by atoms with van der Waals surface area (Å²) in [4.78, 5) is 10.8. The van der Waals surface area contributed by atoms with E-state index in [1.54, 1.807) is 6.20 Å². The number of anilines is 2.